The Morgan fingerprint density at radius 1 is 1.04 bits per heavy atom. The lowest BCUT2D eigenvalue weighted by atomic mass is 9.99. The number of piperazine rings is 1. The zero-order chi connectivity index (χ0) is 19.4. The van der Waals surface area contributed by atoms with E-state index in [1.165, 1.54) is 0 Å². The average Bonchev–Trinajstić information content (AvgIpc) is 2.70. The van der Waals surface area contributed by atoms with Crippen molar-refractivity contribution in [3.63, 3.8) is 0 Å². The van der Waals surface area contributed by atoms with Crippen LogP contribution in [-0.4, -0.2) is 53.4 Å². The number of benzene rings is 2. The fraction of sp³-hybridized carbons (Fsp3) is 0.364. The molecule has 1 aliphatic heterocycles. The molecule has 5 nitrogen and oxygen atoms in total. The van der Waals surface area contributed by atoms with Crippen LogP contribution in [0.15, 0.2) is 48.5 Å². The summed E-state index contributed by atoms with van der Waals surface area (Å²) in [6.45, 7) is 3.32. The minimum atomic E-state index is -0.421. The molecule has 0 aromatic heterocycles. The molecule has 2 amide bonds. The van der Waals surface area contributed by atoms with E-state index in [-0.39, 0.29) is 18.4 Å². The molecule has 3 rings (SSSR count). The van der Waals surface area contributed by atoms with Crippen molar-refractivity contribution in [2.75, 3.05) is 26.7 Å². The Labute approximate surface area is 160 Å². The third-order valence-electron chi connectivity index (χ3n) is 5.07. The first-order valence-corrected chi connectivity index (χ1v) is 9.41. The molecule has 1 N–H and O–H groups in total. The van der Waals surface area contributed by atoms with E-state index in [9.17, 15) is 14.7 Å². The Morgan fingerprint density at radius 2 is 1.63 bits per heavy atom. The number of aliphatic hydroxyl groups is 1. The first kappa shape index (κ1) is 19.1. The van der Waals surface area contributed by atoms with E-state index in [0.29, 0.717) is 18.7 Å². The van der Waals surface area contributed by atoms with Crippen molar-refractivity contribution in [2.45, 2.75) is 25.9 Å². The standard InChI is InChI=1S/C22H26N2O3/c1-3-4-20(25)18-9-5-16(6-10-18)17-7-11-19(12-8-17)22(27)24-14-13-23(2)21(26)15-24/h5-12,20,25H,3-4,13-15H2,1-2H3. The molecular weight excluding hydrogens is 340 g/mol. The highest BCUT2D eigenvalue weighted by molar-refractivity contribution is 5.97. The molecule has 142 valence electrons. The lowest BCUT2D eigenvalue weighted by Crippen LogP contribution is -2.50. The molecule has 0 spiro atoms. The SMILES string of the molecule is CCCC(O)c1ccc(-c2ccc(C(=O)N3CCN(C)C(=O)C3)cc2)cc1. The topological polar surface area (TPSA) is 60.9 Å². The maximum absolute atomic E-state index is 12.6. The van der Waals surface area contributed by atoms with Gasteiger partial charge in [-0.1, -0.05) is 49.7 Å². The molecule has 5 heteroatoms. The number of carbonyl (C=O) groups excluding carboxylic acids is 2. The zero-order valence-corrected chi connectivity index (χ0v) is 15.9. The lowest BCUT2D eigenvalue weighted by Gasteiger charge is -2.32. The Morgan fingerprint density at radius 3 is 2.19 bits per heavy atom. The molecule has 27 heavy (non-hydrogen) atoms. The molecule has 2 aromatic rings. The monoisotopic (exact) mass is 366 g/mol. The summed E-state index contributed by atoms with van der Waals surface area (Å²) in [6.07, 6.45) is 1.28. The van der Waals surface area contributed by atoms with Gasteiger partial charge in [0.2, 0.25) is 5.91 Å². The molecular formula is C22H26N2O3. The van der Waals surface area contributed by atoms with Gasteiger partial charge in [0.25, 0.3) is 5.91 Å². The fourth-order valence-electron chi connectivity index (χ4n) is 3.26. The van der Waals surface area contributed by atoms with Crippen molar-refractivity contribution in [1.82, 2.24) is 9.80 Å². The number of amides is 2. The number of likely N-dealkylation sites (N-methyl/N-ethyl adjacent to an activating group) is 1. The highest BCUT2D eigenvalue weighted by Gasteiger charge is 2.25. The molecule has 1 atom stereocenters. The van der Waals surface area contributed by atoms with Crippen LogP contribution in [0.3, 0.4) is 0 Å². The highest BCUT2D eigenvalue weighted by atomic mass is 16.3. The summed E-state index contributed by atoms with van der Waals surface area (Å²) in [5.74, 6) is -0.141. The van der Waals surface area contributed by atoms with E-state index >= 15 is 0 Å². The Hall–Kier alpha value is -2.66. The van der Waals surface area contributed by atoms with Gasteiger partial charge in [-0.25, -0.2) is 0 Å². The lowest BCUT2D eigenvalue weighted by molar-refractivity contribution is -0.133. The third kappa shape index (κ3) is 4.37. The maximum atomic E-state index is 12.6. The van der Waals surface area contributed by atoms with Gasteiger partial charge >= 0.3 is 0 Å². The van der Waals surface area contributed by atoms with Crippen LogP contribution in [0.5, 0.6) is 0 Å². The molecule has 0 aliphatic carbocycles. The molecule has 0 radical (unpaired) electrons. The number of hydrogen-bond donors (Lipinski definition) is 1. The summed E-state index contributed by atoms with van der Waals surface area (Å²) in [4.78, 5) is 27.7. The minimum Gasteiger partial charge on any atom is -0.388 e. The number of carbonyl (C=O) groups is 2. The Balaban J connectivity index is 1.70. The molecule has 0 bridgehead atoms. The largest absolute Gasteiger partial charge is 0.388 e. The van der Waals surface area contributed by atoms with Crippen LogP contribution in [-0.2, 0) is 4.79 Å². The molecule has 1 saturated heterocycles. The van der Waals surface area contributed by atoms with Crippen molar-refractivity contribution >= 4 is 11.8 Å². The van der Waals surface area contributed by atoms with Gasteiger partial charge in [-0.05, 0) is 35.2 Å². The second-order valence-corrected chi connectivity index (χ2v) is 7.05. The summed E-state index contributed by atoms with van der Waals surface area (Å²) < 4.78 is 0. The van der Waals surface area contributed by atoms with Gasteiger partial charge in [-0.2, -0.15) is 0 Å². The summed E-state index contributed by atoms with van der Waals surface area (Å²) in [6, 6.07) is 15.3. The number of aliphatic hydroxyl groups excluding tert-OH is 1. The first-order valence-electron chi connectivity index (χ1n) is 9.41. The first-order chi connectivity index (χ1) is 13.0. The van der Waals surface area contributed by atoms with Crippen LogP contribution in [0.1, 0.15) is 41.8 Å². The highest BCUT2D eigenvalue weighted by Crippen LogP contribution is 2.24. The molecule has 1 aliphatic rings. The minimum absolute atomic E-state index is 0.0310. The van der Waals surface area contributed by atoms with Crippen LogP contribution >= 0.6 is 0 Å². The van der Waals surface area contributed by atoms with Gasteiger partial charge in [-0.3, -0.25) is 9.59 Å². The van der Waals surface area contributed by atoms with E-state index in [1.54, 1.807) is 29.0 Å². The normalized spacial score (nSPS) is 15.7. The van der Waals surface area contributed by atoms with Crippen molar-refractivity contribution in [3.8, 4) is 11.1 Å². The Kier molecular flexibility index (Phi) is 5.91. The molecule has 1 unspecified atom stereocenters. The van der Waals surface area contributed by atoms with Crippen molar-refractivity contribution < 1.29 is 14.7 Å². The van der Waals surface area contributed by atoms with Crippen LogP contribution in [0.4, 0.5) is 0 Å². The maximum Gasteiger partial charge on any atom is 0.254 e. The average molecular weight is 366 g/mol. The van der Waals surface area contributed by atoms with E-state index in [4.69, 9.17) is 0 Å². The summed E-state index contributed by atoms with van der Waals surface area (Å²) in [5, 5.41) is 10.1. The van der Waals surface area contributed by atoms with Crippen molar-refractivity contribution in [3.05, 3.63) is 59.7 Å². The van der Waals surface area contributed by atoms with Crippen molar-refractivity contribution in [1.29, 1.82) is 0 Å². The third-order valence-corrected chi connectivity index (χ3v) is 5.07. The van der Waals surface area contributed by atoms with Gasteiger partial charge in [0.15, 0.2) is 0 Å². The van der Waals surface area contributed by atoms with Gasteiger partial charge in [0.05, 0.1) is 6.10 Å². The number of hydrogen-bond acceptors (Lipinski definition) is 3. The van der Waals surface area contributed by atoms with Gasteiger partial charge < -0.3 is 14.9 Å². The smallest absolute Gasteiger partial charge is 0.254 e. The van der Waals surface area contributed by atoms with Gasteiger partial charge in [0, 0.05) is 25.7 Å². The molecule has 2 aromatic carbocycles. The van der Waals surface area contributed by atoms with Gasteiger partial charge in [-0.15, -0.1) is 0 Å². The van der Waals surface area contributed by atoms with Crippen LogP contribution < -0.4 is 0 Å². The Bertz CT molecular complexity index is 799. The van der Waals surface area contributed by atoms with E-state index in [1.807, 2.05) is 36.4 Å². The van der Waals surface area contributed by atoms with Crippen LogP contribution in [0, 0.1) is 0 Å². The predicted molar refractivity (Wildman–Crippen MR) is 105 cm³/mol. The number of rotatable bonds is 5. The summed E-state index contributed by atoms with van der Waals surface area (Å²) in [7, 11) is 1.76. The van der Waals surface area contributed by atoms with Crippen LogP contribution in [0.25, 0.3) is 11.1 Å². The molecule has 1 heterocycles. The van der Waals surface area contributed by atoms with E-state index in [0.717, 1.165) is 29.5 Å². The summed E-state index contributed by atoms with van der Waals surface area (Å²) in [5.41, 5.74) is 3.56. The van der Waals surface area contributed by atoms with Crippen molar-refractivity contribution in [2.24, 2.45) is 0 Å². The second kappa shape index (κ2) is 8.35. The zero-order valence-electron chi connectivity index (χ0n) is 15.9. The second-order valence-electron chi connectivity index (χ2n) is 7.05. The van der Waals surface area contributed by atoms with E-state index < -0.39 is 6.10 Å². The predicted octanol–water partition coefficient (Wildman–Crippen LogP) is 3.10. The van der Waals surface area contributed by atoms with E-state index in [2.05, 4.69) is 6.92 Å². The summed E-state index contributed by atoms with van der Waals surface area (Å²) >= 11 is 0. The quantitative estimate of drug-likeness (QED) is 0.884. The molecule has 1 fully saturated rings. The van der Waals surface area contributed by atoms with Gasteiger partial charge in [0.1, 0.15) is 6.54 Å². The molecule has 0 saturated carbocycles. The fourth-order valence-corrected chi connectivity index (χ4v) is 3.26. The van der Waals surface area contributed by atoms with Crippen LogP contribution in [0.2, 0.25) is 0 Å². The number of nitrogens with zero attached hydrogens (tertiary/aromatic N) is 2.